The predicted octanol–water partition coefficient (Wildman–Crippen LogP) is 5.63. The first kappa shape index (κ1) is 19.1. The highest BCUT2D eigenvalue weighted by Crippen LogP contribution is 2.23. The number of amides is 1. The number of halogens is 1. The molecule has 0 radical (unpaired) electrons. The van der Waals surface area contributed by atoms with Crippen LogP contribution in [0.5, 0.6) is 5.75 Å². The second-order valence-corrected chi connectivity index (χ2v) is 7.63. The maximum absolute atomic E-state index is 12.9. The molecule has 0 unspecified atom stereocenters. The van der Waals surface area contributed by atoms with Crippen LogP contribution in [0.25, 0.3) is 16.2 Å². The first-order chi connectivity index (χ1) is 15.1. The molecule has 0 aliphatic carbocycles. The highest BCUT2D eigenvalue weighted by atomic mass is 32.1. The SMILES string of the molecule is O=C(Nc1ccc(-c2cn3ccsc3n2)cc1)c1ccc(COc2ccc(F)cc2)o1. The molecule has 0 fully saturated rings. The lowest BCUT2D eigenvalue weighted by Crippen LogP contribution is -2.10. The number of furan rings is 1. The Morgan fingerprint density at radius 1 is 1.10 bits per heavy atom. The number of anilines is 1. The molecule has 1 N–H and O–H groups in total. The van der Waals surface area contributed by atoms with Crippen molar-refractivity contribution in [2.75, 3.05) is 5.32 Å². The topological polar surface area (TPSA) is 68.8 Å². The van der Waals surface area contributed by atoms with Crippen molar-refractivity contribution in [3.63, 3.8) is 0 Å². The number of thiazole rings is 1. The first-order valence-corrected chi connectivity index (χ1v) is 10.3. The summed E-state index contributed by atoms with van der Waals surface area (Å²) in [5.74, 6) is 0.493. The summed E-state index contributed by atoms with van der Waals surface area (Å²) in [4.78, 5) is 18.0. The van der Waals surface area contributed by atoms with Gasteiger partial charge in [0.05, 0.1) is 5.69 Å². The highest BCUT2D eigenvalue weighted by Gasteiger charge is 2.13. The van der Waals surface area contributed by atoms with Gasteiger partial charge in [0.1, 0.15) is 23.9 Å². The largest absolute Gasteiger partial charge is 0.486 e. The number of carbonyl (C=O) groups is 1. The van der Waals surface area contributed by atoms with Crippen molar-refractivity contribution in [2.24, 2.45) is 0 Å². The van der Waals surface area contributed by atoms with E-state index in [-0.39, 0.29) is 24.1 Å². The van der Waals surface area contributed by atoms with E-state index < -0.39 is 0 Å². The number of aromatic nitrogens is 2. The van der Waals surface area contributed by atoms with E-state index in [0.29, 0.717) is 17.2 Å². The van der Waals surface area contributed by atoms with E-state index in [1.54, 1.807) is 23.5 Å². The molecule has 0 aliphatic heterocycles. The van der Waals surface area contributed by atoms with Crippen LogP contribution in [0.4, 0.5) is 10.1 Å². The summed E-state index contributed by atoms with van der Waals surface area (Å²) >= 11 is 1.58. The summed E-state index contributed by atoms with van der Waals surface area (Å²) < 4.78 is 26.0. The molecule has 5 rings (SSSR count). The molecule has 0 saturated heterocycles. The van der Waals surface area contributed by atoms with Crippen LogP contribution < -0.4 is 10.1 Å². The van der Waals surface area contributed by atoms with E-state index in [2.05, 4.69) is 10.3 Å². The molecule has 0 spiro atoms. The molecule has 0 saturated carbocycles. The first-order valence-electron chi connectivity index (χ1n) is 9.45. The molecule has 6 nitrogen and oxygen atoms in total. The van der Waals surface area contributed by atoms with Gasteiger partial charge in [0.15, 0.2) is 10.7 Å². The zero-order valence-electron chi connectivity index (χ0n) is 16.1. The van der Waals surface area contributed by atoms with Crippen LogP contribution in [0, 0.1) is 5.82 Å². The summed E-state index contributed by atoms with van der Waals surface area (Å²) in [5, 5.41) is 4.80. The second-order valence-electron chi connectivity index (χ2n) is 6.76. The number of ether oxygens (including phenoxy) is 1. The molecule has 1 amide bonds. The summed E-state index contributed by atoms with van der Waals surface area (Å²) in [6, 6.07) is 16.4. The summed E-state index contributed by atoms with van der Waals surface area (Å²) in [5.41, 5.74) is 2.49. The highest BCUT2D eigenvalue weighted by molar-refractivity contribution is 7.15. The van der Waals surface area contributed by atoms with Crippen LogP contribution in [0.15, 0.2) is 82.9 Å². The number of nitrogens with zero attached hydrogens (tertiary/aromatic N) is 2. The minimum atomic E-state index is -0.358. The fourth-order valence-corrected chi connectivity index (χ4v) is 3.75. The minimum Gasteiger partial charge on any atom is -0.486 e. The quantitative estimate of drug-likeness (QED) is 0.377. The zero-order chi connectivity index (χ0) is 21.2. The van der Waals surface area contributed by atoms with Crippen LogP contribution in [0.3, 0.4) is 0 Å². The van der Waals surface area contributed by atoms with Gasteiger partial charge in [-0.2, -0.15) is 0 Å². The second kappa shape index (κ2) is 8.08. The lowest BCUT2D eigenvalue weighted by molar-refractivity contribution is 0.0992. The summed E-state index contributed by atoms with van der Waals surface area (Å²) in [6.45, 7) is 0.135. The van der Waals surface area contributed by atoms with Crippen LogP contribution in [0.2, 0.25) is 0 Å². The molecule has 0 bridgehead atoms. The van der Waals surface area contributed by atoms with Gasteiger partial charge in [0.25, 0.3) is 5.91 Å². The maximum atomic E-state index is 12.9. The van der Waals surface area contributed by atoms with Crippen molar-refractivity contribution >= 4 is 27.9 Å². The summed E-state index contributed by atoms with van der Waals surface area (Å²) in [7, 11) is 0. The Hall–Kier alpha value is -3.91. The fourth-order valence-electron chi connectivity index (χ4n) is 3.05. The average Bonchev–Trinajstić information content (AvgIpc) is 3.50. The van der Waals surface area contributed by atoms with Gasteiger partial charge in [-0.15, -0.1) is 11.3 Å². The number of hydrogen-bond donors (Lipinski definition) is 1. The van der Waals surface area contributed by atoms with Crippen molar-refractivity contribution in [2.45, 2.75) is 6.61 Å². The van der Waals surface area contributed by atoms with Gasteiger partial charge in [0.2, 0.25) is 0 Å². The Bertz CT molecular complexity index is 1310. The number of imidazole rings is 1. The molecule has 8 heteroatoms. The third-order valence-electron chi connectivity index (χ3n) is 4.61. The van der Waals surface area contributed by atoms with Gasteiger partial charge < -0.3 is 14.5 Å². The lowest BCUT2D eigenvalue weighted by atomic mass is 10.1. The molecule has 31 heavy (non-hydrogen) atoms. The number of nitrogens with one attached hydrogen (secondary N) is 1. The minimum absolute atomic E-state index is 0.135. The number of carbonyl (C=O) groups excluding carboxylic acids is 1. The Balaban J connectivity index is 1.21. The molecular weight excluding hydrogens is 417 g/mol. The monoisotopic (exact) mass is 433 g/mol. The summed E-state index contributed by atoms with van der Waals surface area (Å²) in [6.07, 6.45) is 3.94. The van der Waals surface area contributed by atoms with Gasteiger partial charge in [-0.05, 0) is 48.5 Å². The van der Waals surface area contributed by atoms with Crippen LogP contribution >= 0.6 is 11.3 Å². The van der Waals surface area contributed by atoms with Crippen LogP contribution in [0.1, 0.15) is 16.3 Å². The number of fused-ring (bicyclic) bond motifs is 1. The van der Waals surface area contributed by atoms with Crippen LogP contribution in [-0.4, -0.2) is 15.3 Å². The number of rotatable bonds is 6. The number of hydrogen-bond acceptors (Lipinski definition) is 5. The predicted molar refractivity (Wildman–Crippen MR) is 116 cm³/mol. The van der Waals surface area contributed by atoms with Crippen molar-refractivity contribution in [3.8, 4) is 17.0 Å². The van der Waals surface area contributed by atoms with E-state index in [9.17, 15) is 9.18 Å². The van der Waals surface area contributed by atoms with Crippen LogP contribution in [-0.2, 0) is 6.61 Å². The van der Waals surface area contributed by atoms with Crippen molar-refractivity contribution in [1.82, 2.24) is 9.38 Å². The Labute approximate surface area is 180 Å². The average molecular weight is 433 g/mol. The smallest absolute Gasteiger partial charge is 0.291 e. The van der Waals surface area contributed by atoms with E-state index in [1.807, 2.05) is 46.4 Å². The van der Waals surface area contributed by atoms with Gasteiger partial charge in [0, 0.05) is 29.0 Å². The van der Waals surface area contributed by atoms with E-state index in [4.69, 9.17) is 9.15 Å². The van der Waals surface area contributed by atoms with Crippen molar-refractivity contribution in [1.29, 1.82) is 0 Å². The Morgan fingerprint density at radius 3 is 2.68 bits per heavy atom. The van der Waals surface area contributed by atoms with E-state index in [0.717, 1.165) is 16.2 Å². The molecule has 3 heterocycles. The molecule has 0 aliphatic rings. The Kier molecular flexibility index (Phi) is 4.97. The van der Waals surface area contributed by atoms with E-state index >= 15 is 0 Å². The van der Waals surface area contributed by atoms with Gasteiger partial charge in [-0.25, -0.2) is 9.37 Å². The molecular formula is C23H16FN3O3S. The van der Waals surface area contributed by atoms with Gasteiger partial charge in [-0.1, -0.05) is 12.1 Å². The van der Waals surface area contributed by atoms with E-state index in [1.165, 1.54) is 24.3 Å². The molecule has 2 aromatic carbocycles. The third kappa shape index (κ3) is 4.19. The molecule has 3 aromatic heterocycles. The molecule has 0 atom stereocenters. The zero-order valence-corrected chi connectivity index (χ0v) is 16.9. The fraction of sp³-hybridized carbons (Fsp3) is 0.0435. The van der Waals surface area contributed by atoms with Crippen molar-refractivity contribution in [3.05, 3.63) is 95.8 Å². The molecule has 5 aromatic rings. The molecule has 154 valence electrons. The normalized spacial score (nSPS) is 11.0. The van der Waals surface area contributed by atoms with Gasteiger partial charge >= 0.3 is 0 Å². The number of benzene rings is 2. The van der Waals surface area contributed by atoms with Crippen molar-refractivity contribution < 1.29 is 18.3 Å². The third-order valence-corrected chi connectivity index (χ3v) is 5.38. The maximum Gasteiger partial charge on any atom is 0.291 e. The van der Waals surface area contributed by atoms with Gasteiger partial charge in [-0.3, -0.25) is 9.20 Å². The Morgan fingerprint density at radius 2 is 1.90 bits per heavy atom. The standard InChI is InChI=1S/C23H16FN3O3S/c24-16-3-7-18(8-4-16)29-14-19-9-10-21(30-19)22(28)25-17-5-1-15(2-6-17)20-13-27-11-12-31-23(27)26-20/h1-13H,14H2,(H,25,28). The lowest BCUT2D eigenvalue weighted by Gasteiger charge is -2.05.